The number of carbonyl (C=O) groups is 1. The van der Waals surface area contributed by atoms with Gasteiger partial charge in [-0.1, -0.05) is 38.1 Å². The molecule has 1 aromatic carbocycles. The van der Waals surface area contributed by atoms with Gasteiger partial charge in [0, 0.05) is 11.6 Å². The standard InChI is InChI=1S/C15H22N2OS.ClH/c1-10(2)12-4-6-13(7-5-12)11(3)17-15(18)14-8-19-9-16-14;/h4-7,10-11,14,16H,8-9H2,1-3H3,(H,17,18);1H. The molecular weight excluding hydrogens is 292 g/mol. The van der Waals surface area contributed by atoms with E-state index in [1.165, 1.54) is 5.56 Å². The van der Waals surface area contributed by atoms with Gasteiger partial charge < -0.3 is 5.32 Å². The monoisotopic (exact) mass is 314 g/mol. The minimum Gasteiger partial charge on any atom is -0.348 e. The third-order valence-electron chi connectivity index (χ3n) is 3.49. The molecule has 0 spiro atoms. The first-order valence-electron chi connectivity index (χ1n) is 6.79. The molecule has 1 heterocycles. The molecule has 0 aliphatic carbocycles. The van der Waals surface area contributed by atoms with Crippen molar-refractivity contribution in [3.8, 4) is 0 Å². The first-order chi connectivity index (χ1) is 9.08. The van der Waals surface area contributed by atoms with E-state index in [-0.39, 0.29) is 30.4 Å². The van der Waals surface area contributed by atoms with E-state index in [9.17, 15) is 4.79 Å². The van der Waals surface area contributed by atoms with Gasteiger partial charge in [0.25, 0.3) is 0 Å². The number of halogens is 1. The van der Waals surface area contributed by atoms with Crippen LogP contribution in [0.1, 0.15) is 43.9 Å². The predicted octanol–water partition coefficient (Wildman–Crippen LogP) is 3.07. The SMILES string of the molecule is CC(C)c1ccc(C(C)NC(=O)C2CSCN2)cc1.Cl. The van der Waals surface area contributed by atoms with Crippen molar-refractivity contribution in [2.24, 2.45) is 0 Å². The summed E-state index contributed by atoms with van der Waals surface area (Å²) in [6.07, 6.45) is 0. The lowest BCUT2D eigenvalue weighted by Crippen LogP contribution is -2.42. The van der Waals surface area contributed by atoms with Gasteiger partial charge >= 0.3 is 0 Å². The van der Waals surface area contributed by atoms with Gasteiger partial charge in [-0.3, -0.25) is 10.1 Å². The molecule has 5 heteroatoms. The Kier molecular flexibility index (Phi) is 6.86. The summed E-state index contributed by atoms with van der Waals surface area (Å²) in [7, 11) is 0. The average Bonchev–Trinajstić information content (AvgIpc) is 2.92. The molecule has 20 heavy (non-hydrogen) atoms. The summed E-state index contributed by atoms with van der Waals surface area (Å²) >= 11 is 1.77. The zero-order chi connectivity index (χ0) is 13.8. The maximum Gasteiger partial charge on any atom is 0.238 e. The predicted molar refractivity (Wildman–Crippen MR) is 88.6 cm³/mol. The summed E-state index contributed by atoms with van der Waals surface area (Å²) in [6.45, 7) is 6.40. The molecule has 1 aromatic rings. The number of rotatable bonds is 4. The van der Waals surface area contributed by atoms with Crippen molar-refractivity contribution in [3.63, 3.8) is 0 Å². The van der Waals surface area contributed by atoms with E-state index in [1.54, 1.807) is 11.8 Å². The second-order valence-electron chi connectivity index (χ2n) is 5.32. The van der Waals surface area contributed by atoms with Crippen LogP contribution in [0.25, 0.3) is 0 Å². The highest BCUT2D eigenvalue weighted by Crippen LogP contribution is 2.19. The summed E-state index contributed by atoms with van der Waals surface area (Å²) < 4.78 is 0. The number of carbonyl (C=O) groups excluding carboxylic acids is 1. The van der Waals surface area contributed by atoms with Crippen molar-refractivity contribution in [2.75, 3.05) is 11.6 Å². The molecule has 0 aromatic heterocycles. The molecule has 1 aliphatic rings. The van der Waals surface area contributed by atoms with Crippen molar-refractivity contribution in [1.82, 2.24) is 10.6 Å². The van der Waals surface area contributed by atoms with Gasteiger partial charge in [0.05, 0.1) is 12.1 Å². The smallest absolute Gasteiger partial charge is 0.238 e. The Morgan fingerprint density at radius 2 is 1.85 bits per heavy atom. The second kappa shape index (κ2) is 7.91. The lowest BCUT2D eigenvalue weighted by molar-refractivity contribution is -0.123. The molecule has 0 bridgehead atoms. The van der Waals surface area contributed by atoms with Crippen LogP contribution in [-0.4, -0.2) is 23.6 Å². The molecule has 1 aliphatic heterocycles. The number of hydrogen-bond acceptors (Lipinski definition) is 3. The minimum atomic E-state index is -0.0395. The number of hydrogen-bond donors (Lipinski definition) is 2. The Balaban J connectivity index is 0.00000200. The molecule has 3 nitrogen and oxygen atoms in total. The van der Waals surface area contributed by atoms with Gasteiger partial charge in [0.1, 0.15) is 0 Å². The molecule has 0 saturated carbocycles. The Hall–Kier alpha value is -0.710. The van der Waals surface area contributed by atoms with Crippen LogP contribution in [0.15, 0.2) is 24.3 Å². The van der Waals surface area contributed by atoms with Crippen LogP contribution in [0.3, 0.4) is 0 Å². The van der Waals surface area contributed by atoms with E-state index in [4.69, 9.17) is 0 Å². The maximum absolute atomic E-state index is 12.0. The lowest BCUT2D eigenvalue weighted by atomic mass is 9.99. The highest BCUT2D eigenvalue weighted by molar-refractivity contribution is 7.99. The first kappa shape index (κ1) is 17.3. The molecule has 2 unspecified atom stereocenters. The first-order valence-corrected chi connectivity index (χ1v) is 7.94. The van der Waals surface area contributed by atoms with Crippen LogP contribution in [-0.2, 0) is 4.79 Å². The van der Waals surface area contributed by atoms with Gasteiger partial charge in [0.15, 0.2) is 0 Å². The van der Waals surface area contributed by atoms with Gasteiger partial charge in [-0.2, -0.15) is 0 Å². The lowest BCUT2D eigenvalue weighted by Gasteiger charge is -2.18. The van der Waals surface area contributed by atoms with Crippen molar-refractivity contribution < 1.29 is 4.79 Å². The van der Waals surface area contributed by atoms with Crippen molar-refractivity contribution >= 4 is 30.1 Å². The quantitative estimate of drug-likeness (QED) is 0.897. The van der Waals surface area contributed by atoms with Crippen molar-refractivity contribution in [3.05, 3.63) is 35.4 Å². The normalized spacial score (nSPS) is 19.5. The third-order valence-corrected chi connectivity index (χ3v) is 4.43. The van der Waals surface area contributed by atoms with Gasteiger partial charge in [0.2, 0.25) is 5.91 Å². The zero-order valence-corrected chi connectivity index (χ0v) is 13.8. The topological polar surface area (TPSA) is 41.1 Å². The summed E-state index contributed by atoms with van der Waals surface area (Å²) in [5.41, 5.74) is 2.49. The van der Waals surface area contributed by atoms with Crippen LogP contribution in [0.5, 0.6) is 0 Å². The number of thioether (sulfide) groups is 1. The third kappa shape index (κ3) is 4.40. The largest absolute Gasteiger partial charge is 0.348 e. The van der Waals surface area contributed by atoms with Crippen LogP contribution < -0.4 is 10.6 Å². The van der Waals surface area contributed by atoms with Crippen molar-refractivity contribution in [2.45, 2.75) is 38.8 Å². The average molecular weight is 315 g/mol. The molecule has 2 N–H and O–H groups in total. The van der Waals surface area contributed by atoms with E-state index >= 15 is 0 Å². The summed E-state index contributed by atoms with van der Waals surface area (Å²) in [4.78, 5) is 12.0. The fraction of sp³-hybridized carbons (Fsp3) is 0.533. The molecule has 112 valence electrons. The molecular formula is C15H23ClN2OS. The van der Waals surface area contributed by atoms with Crippen LogP contribution in [0, 0.1) is 0 Å². The molecule has 1 saturated heterocycles. The van der Waals surface area contributed by atoms with E-state index in [0.717, 1.165) is 17.2 Å². The number of amides is 1. The Bertz CT molecular complexity index is 430. The fourth-order valence-corrected chi connectivity index (χ4v) is 3.07. The number of benzene rings is 1. The van der Waals surface area contributed by atoms with E-state index in [0.29, 0.717) is 5.92 Å². The van der Waals surface area contributed by atoms with E-state index in [2.05, 4.69) is 48.7 Å². The maximum atomic E-state index is 12.0. The zero-order valence-electron chi connectivity index (χ0n) is 12.2. The highest BCUT2D eigenvalue weighted by Gasteiger charge is 2.23. The summed E-state index contributed by atoms with van der Waals surface area (Å²) in [6, 6.07) is 8.52. The number of nitrogens with one attached hydrogen (secondary N) is 2. The van der Waals surface area contributed by atoms with Crippen molar-refractivity contribution in [1.29, 1.82) is 0 Å². The van der Waals surface area contributed by atoms with Gasteiger partial charge in [-0.25, -0.2) is 0 Å². The Labute approximate surface area is 131 Å². The molecule has 0 radical (unpaired) electrons. The summed E-state index contributed by atoms with van der Waals surface area (Å²) in [5.74, 6) is 2.38. The second-order valence-corrected chi connectivity index (χ2v) is 6.35. The van der Waals surface area contributed by atoms with Gasteiger partial charge in [-0.15, -0.1) is 24.2 Å². The molecule has 1 fully saturated rings. The Morgan fingerprint density at radius 3 is 2.35 bits per heavy atom. The van der Waals surface area contributed by atoms with E-state index in [1.807, 2.05) is 6.92 Å². The Morgan fingerprint density at radius 1 is 1.25 bits per heavy atom. The van der Waals surface area contributed by atoms with E-state index < -0.39 is 0 Å². The highest BCUT2D eigenvalue weighted by atomic mass is 35.5. The summed E-state index contributed by atoms with van der Waals surface area (Å²) in [5, 5.41) is 6.26. The molecule has 1 amide bonds. The van der Waals surface area contributed by atoms with Crippen LogP contribution in [0.2, 0.25) is 0 Å². The minimum absolute atomic E-state index is 0. The van der Waals surface area contributed by atoms with Crippen LogP contribution >= 0.6 is 24.2 Å². The van der Waals surface area contributed by atoms with Gasteiger partial charge in [-0.05, 0) is 24.0 Å². The molecule has 2 atom stereocenters. The molecule has 2 rings (SSSR count). The van der Waals surface area contributed by atoms with Crippen LogP contribution in [0.4, 0.5) is 0 Å². The fourth-order valence-electron chi connectivity index (χ4n) is 2.13.